The highest BCUT2D eigenvalue weighted by atomic mass is 35.5. The minimum absolute atomic E-state index is 0.155. The fourth-order valence-electron chi connectivity index (χ4n) is 3.21. The lowest BCUT2D eigenvalue weighted by atomic mass is 10.1. The predicted octanol–water partition coefficient (Wildman–Crippen LogP) is 2.41. The largest absolute Gasteiger partial charge is 0.480 e. The highest BCUT2D eigenvalue weighted by Gasteiger charge is 2.50. The predicted molar refractivity (Wildman–Crippen MR) is 118 cm³/mol. The van der Waals surface area contributed by atoms with Crippen LogP contribution < -0.4 is 4.72 Å². The molecule has 2 aromatic carbocycles. The Morgan fingerprint density at radius 3 is 2.00 bits per heavy atom. The molecule has 0 radical (unpaired) electrons. The molecule has 170 valence electrons. The number of halogens is 1. The molecule has 9 nitrogen and oxygen atoms in total. The highest BCUT2D eigenvalue weighted by molar-refractivity contribution is 7.89. The van der Waals surface area contributed by atoms with Gasteiger partial charge in [0.2, 0.25) is 10.0 Å². The molecule has 1 unspecified atom stereocenters. The number of likely N-dealkylation sites (N-methyl/N-ethyl adjacent to an activating group) is 1. The molecule has 1 aliphatic heterocycles. The van der Waals surface area contributed by atoms with Crippen molar-refractivity contribution in [2.75, 3.05) is 13.6 Å². The number of hydrogen-bond acceptors (Lipinski definition) is 5. The zero-order valence-corrected chi connectivity index (χ0v) is 19.1. The molecule has 0 saturated carbocycles. The molecule has 0 aliphatic carbocycles. The molecule has 0 spiro atoms. The Labute approximate surface area is 190 Å². The minimum atomic E-state index is -4.24. The fourth-order valence-corrected chi connectivity index (χ4v) is 4.52. The van der Waals surface area contributed by atoms with E-state index in [0.717, 1.165) is 16.0 Å². The van der Waals surface area contributed by atoms with Crippen molar-refractivity contribution in [3.63, 3.8) is 0 Å². The second-order valence-corrected chi connectivity index (χ2v) is 10.0. The number of carboxylic acids is 1. The molecule has 1 heterocycles. The standard InChI is InChI=1S/C21H22ClN3O6S/c1-21(2)19(28)25(20(29)24(21)3)12-17(18(26)27)23-32(30,31)16-10-6-14(7-11-16)13-4-8-15(22)9-5-13/h4-11,17,23H,12H2,1-3H3,(H,26,27). The van der Waals surface area contributed by atoms with Gasteiger partial charge in [-0.2, -0.15) is 4.72 Å². The van der Waals surface area contributed by atoms with Gasteiger partial charge in [0.25, 0.3) is 5.91 Å². The van der Waals surface area contributed by atoms with Crippen molar-refractivity contribution in [2.24, 2.45) is 0 Å². The Hall–Kier alpha value is -2.95. The van der Waals surface area contributed by atoms with Crippen molar-refractivity contribution in [3.8, 4) is 11.1 Å². The first-order chi connectivity index (χ1) is 14.8. The van der Waals surface area contributed by atoms with Crippen LogP contribution in [0.15, 0.2) is 53.4 Å². The van der Waals surface area contributed by atoms with E-state index in [1.165, 1.54) is 37.9 Å². The van der Waals surface area contributed by atoms with Crippen LogP contribution in [0.5, 0.6) is 0 Å². The molecule has 3 amide bonds. The molecule has 1 saturated heterocycles. The van der Waals surface area contributed by atoms with Crippen molar-refractivity contribution in [2.45, 2.75) is 30.3 Å². The number of nitrogens with zero attached hydrogens (tertiary/aromatic N) is 2. The first kappa shape index (κ1) is 23.7. The third-order valence-corrected chi connectivity index (χ3v) is 7.17. The van der Waals surface area contributed by atoms with Crippen LogP contribution in [0.1, 0.15) is 13.8 Å². The van der Waals surface area contributed by atoms with Crippen LogP contribution in [0, 0.1) is 0 Å². The van der Waals surface area contributed by atoms with Crippen molar-refractivity contribution in [1.29, 1.82) is 0 Å². The first-order valence-electron chi connectivity index (χ1n) is 9.55. The number of hydrogen-bond donors (Lipinski definition) is 2. The number of carbonyl (C=O) groups is 3. The molecule has 1 fully saturated rings. The van der Waals surface area contributed by atoms with Gasteiger partial charge in [-0.05, 0) is 49.2 Å². The van der Waals surface area contributed by atoms with Gasteiger partial charge in [0.1, 0.15) is 11.6 Å². The highest BCUT2D eigenvalue weighted by Crippen LogP contribution is 2.26. The summed E-state index contributed by atoms with van der Waals surface area (Å²) in [5, 5.41) is 10.1. The minimum Gasteiger partial charge on any atom is -0.480 e. The van der Waals surface area contributed by atoms with Crippen molar-refractivity contribution < 1.29 is 27.9 Å². The molecule has 0 bridgehead atoms. The monoisotopic (exact) mass is 479 g/mol. The van der Waals surface area contributed by atoms with Gasteiger partial charge in [-0.25, -0.2) is 13.2 Å². The van der Waals surface area contributed by atoms with E-state index in [-0.39, 0.29) is 4.90 Å². The van der Waals surface area contributed by atoms with Gasteiger partial charge in [0.05, 0.1) is 11.4 Å². The lowest BCUT2D eigenvalue weighted by Crippen LogP contribution is -2.50. The molecular weight excluding hydrogens is 458 g/mol. The molecule has 1 atom stereocenters. The Morgan fingerprint density at radius 1 is 1.06 bits per heavy atom. The number of rotatable bonds is 7. The normalized spacial score (nSPS) is 17.0. The molecule has 3 rings (SSSR count). The summed E-state index contributed by atoms with van der Waals surface area (Å²) in [5.74, 6) is -2.12. The maximum Gasteiger partial charge on any atom is 0.327 e. The van der Waals surface area contributed by atoms with E-state index < -0.39 is 46.1 Å². The molecule has 0 aromatic heterocycles. The molecule has 1 aliphatic rings. The summed E-state index contributed by atoms with van der Waals surface area (Å²) in [4.78, 5) is 38.4. The Balaban J connectivity index is 1.80. The van der Waals surface area contributed by atoms with E-state index in [0.29, 0.717) is 5.02 Å². The maximum absolute atomic E-state index is 12.8. The van der Waals surface area contributed by atoms with E-state index in [2.05, 4.69) is 4.72 Å². The molecular formula is C21H22ClN3O6S. The van der Waals surface area contributed by atoms with E-state index >= 15 is 0 Å². The van der Waals surface area contributed by atoms with Gasteiger partial charge < -0.3 is 10.0 Å². The second kappa shape index (κ2) is 8.53. The number of carboxylic acid groups (broad SMARTS) is 1. The van der Waals surface area contributed by atoms with Crippen LogP contribution in [0.3, 0.4) is 0 Å². The Morgan fingerprint density at radius 2 is 1.56 bits per heavy atom. The third-order valence-electron chi connectivity index (χ3n) is 5.43. The molecule has 11 heteroatoms. The number of imide groups is 1. The summed E-state index contributed by atoms with van der Waals surface area (Å²) in [5.41, 5.74) is 0.415. The zero-order valence-electron chi connectivity index (χ0n) is 17.6. The number of benzene rings is 2. The molecule has 2 aromatic rings. The van der Waals surface area contributed by atoms with Crippen LogP contribution in [-0.2, 0) is 19.6 Å². The van der Waals surface area contributed by atoms with E-state index in [1.807, 2.05) is 0 Å². The summed E-state index contributed by atoms with van der Waals surface area (Å²) in [6, 6.07) is 10.4. The smallest absolute Gasteiger partial charge is 0.327 e. The fraction of sp³-hybridized carbons (Fsp3) is 0.286. The van der Waals surface area contributed by atoms with Gasteiger partial charge in [0, 0.05) is 12.1 Å². The third kappa shape index (κ3) is 4.47. The Bertz CT molecular complexity index is 1160. The van der Waals surface area contributed by atoms with E-state index in [9.17, 15) is 27.9 Å². The molecule has 2 N–H and O–H groups in total. The summed E-state index contributed by atoms with van der Waals surface area (Å²) in [7, 11) is -2.82. The van der Waals surface area contributed by atoms with E-state index in [1.54, 1.807) is 36.4 Å². The number of nitrogens with one attached hydrogen (secondary N) is 1. The SMILES string of the molecule is CN1C(=O)N(CC(NS(=O)(=O)c2ccc(-c3ccc(Cl)cc3)cc2)C(=O)O)C(=O)C1(C)C. The topological polar surface area (TPSA) is 124 Å². The quantitative estimate of drug-likeness (QED) is 0.587. The van der Waals surface area contributed by atoms with Crippen LogP contribution >= 0.6 is 11.6 Å². The van der Waals surface area contributed by atoms with Gasteiger partial charge >= 0.3 is 12.0 Å². The number of carbonyl (C=O) groups excluding carboxylic acids is 2. The maximum atomic E-state index is 12.8. The number of aliphatic carboxylic acids is 1. The number of urea groups is 1. The average molecular weight is 480 g/mol. The Kier molecular flexibility index (Phi) is 6.32. The van der Waals surface area contributed by atoms with Gasteiger partial charge in [-0.3, -0.25) is 14.5 Å². The summed E-state index contributed by atoms with van der Waals surface area (Å²) < 4.78 is 27.6. The summed E-state index contributed by atoms with van der Waals surface area (Å²) >= 11 is 5.88. The number of amides is 3. The summed E-state index contributed by atoms with van der Waals surface area (Å²) in [6.07, 6.45) is 0. The van der Waals surface area contributed by atoms with Crippen molar-refractivity contribution in [3.05, 3.63) is 53.6 Å². The van der Waals surface area contributed by atoms with Crippen LogP contribution in [0.4, 0.5) is 4.79 Å². The lowest BCUT2D eigenvalue weighted by molar-refractivity contribution is -0.140. The second-order valence-electron chi connectivity index (χ2n) is 7.86. The van der Waals surface area contributed by atoms with Crippen molar-refractivity contribution >= 4 is 39.5 Å². The van der Waals surface area contributed by atoms with E-state index in [4.69, 9.17) is 11.6 Å². The zero-order chi connectivity index (χ0) is 23.8. The van der Waals surface area contributed by atoms with Gasteiger partial charge in [-0.1, -0.05) is 35.9 Å². The summed E-state index contributed by atoms with van der Waals surface area (Å²) in [6.45, 7) is 2.41. The van der Waals surface area contributed by atoms with Crippen LogP contribution in [-0.4, -0.2) is 66.4 Å². The molecule has 32 heavy (non-hydrogen) atoms. The first-order valence-corrected chi connectivity index (χ1v) is 11.4. The van der Waals surface area contributed by atoms with Crippen molar-refractivity contribution in [1.82, 2.24) is 14.5 Å². The van der Waals surface area contributed by atoms with Crippen LogP contribution in [0.2, 0.25) is 5.02 Å². The average Bonchev–Trinajstić information content (AvgIpc) is 2.88. The number of sulfonamides is 1. The van der Waals surface area contributed by atoms with Gasteiger partial charge in [0.15, 0.2) is 0 Å². The van der Waals surface area contributed by atoms with Gasteiger partial charge in [-0.15, -0.1) is 0 Å². The van der Waals surface area contributed by atoms with Crippen LogP contribution in [0.25, 0.3) is 11.1 Å². The lowest BCUT2D eigenvalue weighted by Gasteiger charge is -2.22.